The lowest BCUT2D eigenvalue weighted by molar-refractivity contribution is -0.138. The van der Waals surface area contributed by atoms with Crippen molar-refractivity contribution in [2.45, 2.75) is 19.4 Å². The maximum absolute atomic E-state index is 10.5. The van der Waals surface area contributed by atoms with Gasteiger partial charge in [-0.2, -0.15) is 5.10 Å². The first-order valence-corrected chi connectivity index (χ1v) is 4.53. The maximum Gasteiger partial charge on any atom is 0.320 e. The summed E-state index contributed by atoms with van der Waals surface area (Å²) in [4.78, 5) is 10.5. The van der Waals surface area contributed by atoms with Gasteiger partial charge in [-0.05, 0) is 18.9 Å². The van der Waals surface area contributed by atoms with Crippen LogP contribution in [-0.4, -0.2) is 33.4 Å². The van der Waals surface area contributed by atoms with Gasteiger partial charge >= 0.3 is 5.97 Å². The van der Waals surface area contributed by atoms with Crippen LogP contribution in [0.5, 0.6) is 0 Å². The van der Waals surface area contributed by atoms with Gasteiger partial charge in [-0.3, -0.25) is 9.48 Å². The number of aryl methyl sites for hydroxylation is 1. The summed E-state index contributed by atoms with van der Waals surface area (Å²) in [5.41, 5.74) is 1.11. The van der Waals surface area contributed by atoms with Crippen LogP contribution in [0.2, 0.25) is 0 Å². The number of aromatic nitrogens is 2. The number of nitrogens with zero attached hydrogens (tertiary/aromatic N) is 2. The van der Waals surface area contributed by atoms with Crippen molar-refractivity contribution in [3.63, 3.8) is 0 Å². The number of rotatable bonds is 5. The Morgan fingerprint density at radius 2 is 2.50 bits per heavy atom. The topological polar surface area (TPSA) is 67.2 Å². The third-order valence-electron chi connectivity index (χ3n) is 1.99. The molecule has 1 atom stereocenters. The lowest BCUT2D eigenvalue weighted by Gasteiger charge is -2.07. The van der Waals surface area contributed by atoms with E-state index in [1.54, 1.807) is 17.8 Å². The summed E-state index contributed by atoms with van der Waals surface area (Å²) in [5.74, 6) is -0.823. The molecule has 0 radical (unpaired) electrons. The molecule has 1 heterocycles. The van der Waals surface area contributed by atoms with Gasteiger partial charge < -0.3 is 10.4 Å². The highest BCUT2D eigenvalue weighted by molar-refractivity contribution is 5.72. The fourth-order valence-corrected chi connectivity index (χ4v) is 1.12. The van der Waals surface area contributed by atoms with E-state index in [1.165, 1.54) is 0 Å². The van der Waals surface area contributed by atoms with Gasteiger partial charge in [0.2, 0.25) is 0 Å². The highest BCUT2D eigenvalue weighted by Crippen LogP contribution is 1.96. The molecule has 0 aliphatic rings. The summed E-state index contributed by atoms with van der Waals surface area (Å²) in [5, 5.41) is 15.5. The lowest BCUT2D eigenvalue weighted by atomic mass is 10.2. The van der Waals surface area contributed by atoms with Gasteiger partial charge in [0.05, 0.1) is 6.20 Å². The Hall–Kier alpha value is -1.36. The molecule has 1 unspecified atom stereocenters. The average molecular weight is 197 g/mol. The number of hydrogen-bond acceptors (Lipinski definition) is 3. The Bertz CT molecular complexity index is 309. The summed E-state index contributed by atoms with van der Waals surface area (Å²) in [6.07, 6.45) is 4.51. The highest BCUT2D eigenvalue weighted by Gasteiger charge is 2.08. The van der Waals surface area contributed by atoms with Crippen molar-refractivity contribution in [1.29, 1.82) is 0 Å². The SMILES string of the molecule is CC(NCCc1cnn(C)c1)C(=O)O. The van der Waals surface area contributed by atoms with Crippen LogP contribution < -0.4 is 5.32 Å². The molecule has 0 spiro atoms. The smallest absolute Gasteiger partial charge is 0.320 e. The first-order valence-electron chi connectivity index (χ1n) is 4.53. The predicted octanol–water partition coefficient (Wildman–Crippen LogP) is 0.0253. The Morgan fingerprint density at radius 3 is 3.00 bits per heavy atom. The Kier molecular flexibility index (Phi) is 3.64. The van der Waals surface area contributed by atoms with Crippen molar-refractivity contribution in [3.8, 4) is 0 Å². The molecule has 1 rings (SSSR count). The molecule has 5 heteroatoms. The van der Waals surface area contributed by atoms with Gasteiger partial charge in [0.15, 0.2) is 0 Å². The van der Waals surface area contributed by atoms with Crippen molar-refractivity contribution >= 4 is 5.97 Å². The van der Waals surface area contributed by atoms with Crippen LogP contribution in [0.1, 0.15) is 12.5 Å². The van der Waals surface area contributed by atoms with Gasteiger partial charge in [0.25, 0.3) is 0 Å². The van der Waals surface area contributed by atoms with E-state index in [0.717, 1.165) is 12.0 Å². The van der Waals surface area contributed by atoms with Crippen LogP contribution in [0, 0.1) is 0 Å². The normalized spacial score (nSPS) is 12.7. The van der Waals surface area contributed by atoms with E-state index in [9.17, 15) is 4.79 Å². The van der Waals surface area contributed by atoms with Crippen LogP contribution in [0.25, 0.3) is 0 Å². The zero-order chi connectivity index (χ0) is 10.6. The summed E-state index contributed by atoms with van der Waals surface area (Å²) < 4.78 is 1.73. The van der Waals surface area contributed by atoms with Crippen molar-refractivity contribution in [2.24, 2.45) is 7.05 Å². The fraction of sp³-hybridized carbons (Fsp3) is 0.556. The van der Waals surface area contributed by atoms with E-state index in [-0.39, 0.29) is 0 Å². The molecule has 0 bridgehead atoms. The van der Waals surface area contributed by atoms with Gasteiger partial charge in [-0.15, -0.1) is 0 Å². The summed E-state index contributed by atoms with van der Waals surface area (Å²) >= 11 is 0. The van der Waals surface area contributed by atoms with Crippen LogP contribution in [0.15, 0.2) is 12.4 Å². The van der Waals surface area contributed by atoms with Crippen molar-refractivity contribution < 1.29 is 9.90 Å². The minimum Gasteiger partial charge on any atom is -0.480 e. The zero-order valence-corrected chi connectivity index (χ0v) is 8.40. The molecule has 0 saturated carbocycles. The number of carboxylic acids is 1. The van der Waals surface area contributed by atoms with E-state index in [4.69, 9.17) is 5.11 Å². The maximum atomic E-state index is 10.5. The van der Waals surface area contributed by atoms with E-state index in [0.29, 0.717) is 6.54 Å². The minimum absolute atomic E-state index is 0.494. The number of nitrogens with one attached hydrogen (secondary N) is 1. The van der Waals surface area contributed by atoms with Gasteiger partial charge in [-0.25, -0.2) is 0 Å². The Labute approximate surface area is 82.7 Å². The molecule has 0 aromatic carbocycles. The van der Waals surface area contributed by atoms with Crippen molar-refractivity contribution in [3.05, 3.63) is 18.0 Å². The quantitative estimate of drug-likeness (QED) is 0.698. The molecule has 78 valence electrons. The number of carbonyl (C=O) groups is 1. The fourth-order valence-electron chi connectivity index (χ4n) is 1.12. The highest BCUT2D eigenvalue weighted by atomic mass is 16.4. The first kappa shape index (κ1) is 10.7. The summed E-state index contributed by atoms with van der Waals surface area (Å²) in [7, 11) is 1.86. The minimum atomic E-state index is -0.823. The van der Waals surface area contributed by atoms with E-state index >= 15 is 0 Å². The molecule has 2 N–H and O–H groups in total. The second kappa shape index (κ2) is 4.76. The predicted molar refractivity (Wildman–Crippen MR) is 52.0 cm³/mol. The van der Waals surface area contributed by atoms with Crippen molar-refractivity contribution in [2.75, 3.05) is 6.54 Å². The third kappa shape index (κ3) is 3.18. The average Bonchev–Trinajstić information content (AvgIpc) is 2.51. The third-order valence-corrected chi connectivity index (χ3v) is 1.99. The summed E-state index contributed by atoms with van der Waals surface area (Å²) in [6, 6.07) is -0.494. The molecular weight excluding hydrogens is 182 g/mol. The second-order valence-corrected chi connectivity index (χ2v) is 3.29. The second-order valence-electron chi connectivity index (χ2n) is 3.29. The van der Waals surface area contributed by atoms with E-state index < -0.39 is 12.0 Å². The number of carboxylic acid groups (broad SMARTS) is 1. The van der Waals surface area contributed by atoms with Crippen LogP contribution in [0.3, 0.4) is 0 Å². The summed E-state index contributed by atoms with van der Waals surface area (Å²) in [6.45, 7) is 2.28. The number of aliphatic carboxylic acids is 1. The molecule has 14 heavy (non-hydrogen) atoms. The Balaban J connectivity index is 2.25. The molecular formula is C9H15N3O2. The molecule has 1 aromatic rings. The van der Waals surface area contributed by atoms with Crippen molar-refractivity contribution in [1.82, 2.24) is 15.1 Å². The molecule has 1 aromatic heterocycles. The first-order chi connectivity index (χ1) is 6.59. The molecule has 0 fully saturated rings. The zero-order valence-electron chi connectivity index (χ0n) is 8.40. The molecule has 0 aliphatic heterocycles. The molecule has 0 aliphatic carbocycles. The number of hydrogen-bond donors (Lipinski definition) is 2. The van der Waals surface area contributed by atoms with Crippen LogP contribution in [-0.2, 0) is 18.3 Å². The molecule has 0 amide bonds. The molecule has 0 saturated heterocycles. The molecule has 5 nitrogen and oxygen atoms in total. The van der Waals surface area contributed by atoms with Crippen LogP contribution >= 0.6 is 0 Å². The monoisotopic (exact) mass is 197 g/mol. The largest absolute Gasteiger partial charge is 0.480 e. The van der Waals surface area contributed by atoms with E-state index in [1.807, 2.05) is 13.2 Å². The van der Waals surface area contributed by atoms with Gasteiger partial charge in [0.1, 0.15) is 6.04 Å². The van der Waals surface area contributed by atoms with E-state index in [2.05, 4.69) is 10.4 Å². The standard InChI is InChI=1S/C9H15N3O2/c1-7(9(13)14)10-4-3-8-5-11-12(2)6-8/h5-7,10H,3-4H2,1-2H3,(H,13,14). The van der Waals surface area contributed by atoms with Crippen LogP contribution in [0.4, 0.5) is 0 Å². The van der Waals surface area contributed by atoms with Gasteiger partial charge in [0, 0.05) is 19.8 Å². The van der Waals surface area contributed by atoms with Gasteiger partial charge in [-0.1, -0.05) is 0 Å². The lowest BCUT2D eigenvalue weighted by Crippen LogP contribution is -2.34. The Morgan fingerprint density at radius 1 is 1.79 bits per heavy atom.